The van der Waals surface area contributed by atoms with Crippen LogP contribution < -0.4 is 15.0 Å². The summed E-state index contributed by atoms with van der Waals surface area (Å²) in [5, 5.41) is 23.1. The maximum absolute atomic E-state index is 9.93. The Balaban J connectivity index is 1.47. The average molecular weight is 435 g/mol. The van der Waals surface area contributed by atoms with Gasteiger partial charge in [0.2, 0.25) is 0 Å². The molecule has 3 aromatic carbocycles. The molecule has 2 atom stereocenters. The number of anilines is 1. The minimum Gasteiger partial charge on any atom is -0.508 e. The van der Waals surface area contributed by atoms with E-state index in [2.05, 4.69) is 34.5 Å². The zero-order chi connectivity index (χ0) is 21.2. The lowest BCUT2D eigenvalue weighted by Crippen LogP contribution is -2.27. The lowest BCUT2D eigenvalue weighted by atomic mass is 9.99. The van der Waals surface area contributed by atoms with Crippen LogP contribution >= 0.6 is 11.8 Å². The van der Waals surface area contributed by atoms with Crippen molar-refractivity contribution in [2.45, 2.75) is 22.7 Å². The van der Waals surface area contributed by atoms with E-state index in [0.29, 0.717) is 0 Å². The fourth-order valence-electron chi connectivity index (χ4n) is 4.21. The van der Waals surface area contributed by atoms with Crippen molar-refractivity contribution in [3.63, 3.8) is 0 Å². The zero-order valence-corrected chi connectivity index (χ0v) is 18.0. The van der Waals surface area contributed by atoms with Crippen LogP contribution in [0, 0.1) is 0 Å². The molecule has 1 saturated heterocycles. The van der Waals surface area contributed by atoms with Gasteiger partial charge in [0.25, 0.3) is 0 Å². The standard InChI is InChI=1S/C25H26N2O3S/c28-20-8-4-18(5-9-20)25-24(30-22-11-10-21(29)16-23(22)31-25)17-2-6-19(7-3-17)27-14-1-12-26-13-15-27/h2-11,16,24-26,28-29H,1,12-15H2/t24-,25+/m0/s1. The highest BCUT2D eigenvalue weighted by molar-refractivity contribution is 7.99. The van der Waals surface area contributed by atoms with Gasteiger partial charge < -0.3 is 25.2 Å². The van der Waals surface area contributed by atoms with Gasteiger partial charge in [0, 0.05) is 25.3 Å². The maximum Gasteiger partial charge on any atom is 0.140 e. The number of phenolic OH excluding ortho intramolecular Hbond substituents is 2. The van der Waals surface area contributed by atoms with Crippen LogP contribution in [0.5, 0.6) is 17.2 Å². The zero-order valence-electron chi connectivity index (χ0n) is 17.2. The molecule has 5 nitrogen and oxygen atoms in total. The first-order valence-corrected chi connectivity index (χ1v) is 11.6. The molecule has 5 rings (SSSR count). The van der Waals surface area contributed by atoms with E-state index in [1.54, 1.807) is 36.0 Å². The molecule has 0 aliphatic carbocycles. The Labute approximate surface area is 186 Å². The Morgan fingerprint density at radius 3 is 2.39 bits per heavy atom. The van der Waals surface area contributed by atoms with Crippen LogP contribution in [0.4, 0.5) is 5.69 Å². The predicted molar refractivity (Wildman–Crippen MR) is 124 cm³/mol. The average Bonchev–Trinajstić information content (AvgIpc) is 3.09. The van der Waals surface area contributed by atoms with Crippen molar-refractivity contribution in [1.29, 1.82) is 0 Å². The molecule has 2 aliphatic rings. The molecule has 0 saturated carbocycles. The van der Waals surface area contributed by atoms with Gasteiger partial charge in [-0.25, -0.2) is 0 Å². The number of benzene rings is 3. The van der Waals surface area contributed by atoms with Crippen LogP contribution in [-0.2, 0) is 0 Å². The van der Waals surface area contributed by atoms with E-state index < -0.39 is 0 Å². The van der Waals surface area contributed by atoms with Crippen molar-refractivity contribution in [2.24, 2.45) is 0 Å². The summed E-state index contributed by atoms with van der Waals surface area (Å²) in [6, 6.07) is 21.2. The summed E-state index contributed by atoms with van der Waals surface area (Å²) in [7, 11) is 0. The third-order valence-electron chi connectivity index (χ3n) is 5.86. The van der Waals surface area contributed by atoms with Gasteiger partial charge in [0.15, 0.2) is 0 Å². The quantitative estimate of drug-likeness (QED) is 0.547. The Morgan fingerprint density at radius 1 is 0.839 bits per heavy atom. The first kappa shape index (κ1) is 20.1. The molecule has 1 fully saturated rings. The summed E-state index contributed by atoms with van der Waals surface area (Å²) in [5.41, 5.74) is 3.42. The minimum absolute atomic E-state index is 0.00290. The Morgan fingerprint density at radius 2 is 1.58 bits per heavy atom. The smallest absolute Gasteiger partial charge is 0.140 e. The van der Waals surface area contributed by atoms with Gasteiger partial charge in [0.05, 0.1) is 10.1 Å². The summed E-state index contributed by atoms with van der Waals surface area (Å²) in [4.78, 5) is 3.35. The molecular formula is C25H26N2O3S. The number of aromatic hydroxyl groups is 2. The molecule has 0 bridgehead atoms. The van der Waals surface area contributed by atoms with Crippen molar-refractivity contribution in [3.05, 3.63) is 77.9 Å². The normalized spacial score (nSPS) is 21.1. The summed E-state index contributed by atoms with van der Waals surface area (Å²) < 4.78 is 6.46. The first-order valence-electron chi connectivity index (χ1n) is 10.7. The number of thioether (sulfide) groups is 1. The van der Waals surface area contributed by atoms with Crippen LogP contribution in [0.2, 0.25) is 0 Å². The maximum atomic E-state index is 9.93. The number of nitrogens with zero attached hydrogens (tertiary/aromatic N) is 1. The molecule has 0 aromatic heterocycles. The highest BCUT2D eigenvalue weighted by Gasteiger charge is 2.33. The third kappa shape index (κ3) is 4.31. The van der Waals surface area contributed by atoms with E-state index in [1.807, 2.05) is 18.2 Å². The fourth-order valence-corrected chi connectivity index (χ4v) is 5.54. The Hall–Kier alpha value is -2.83. The highest BCUT2D eigenvalue weighted by atomic mass is 32.2. The van der Waals surface area contributed by atoms with Gasteiger partial charge in [-0.1, -0.05) is 24.3 Å². The molecule has 31 heavy (non-hydrogen) atoms. The highest BCUT2D eigenvalue weighted by Crippen LogP contribution is 2.54. The summed E-state index contributed by atoms with van der Waals surface area (Å²) in [6.07, 6.45) is 0.975. The van der Waals surface area contributed by atoms with Crippen LogP contribution in [0.15, 0.2) is 71.6 Å². The SMILES string of the molecule is Oc1ccc([C@H]2Sc3cc(O)ccc3O[C@H]2c2ccc(N3CCCNCC3)cc2)cc1. The van der Waals surface area contributed by atoms with E-state index in [-0.39, 0.29) is 22.9 Å². The van der Waals surface area contributed by atoms with Crippen LogP contribution in [0.3, 0.4) is 0 Å². The van der Waals surface area contributed by atoms with Crippen molar-refractivity contribution in [3.8, 4) is 17.2 Å². The topological polar surface area (TPSA) is 65.0 Å². The van der Waals surface area contributed by atoms with Crippen LogP contribution in [0.1, 0.15) is 28.9 Å². The molecule has 0 amide bonds. The van der Waals surface area contributed by atoms with Crippen LogP contribution in [-0.4, -0.2) is 36.4 Å². The Bertz CT molecular complexity index is 1030. The molecule has 2 aliphatic heterocycles. The van der Waals surface area contributed by atoms with E-state index in [1.165, 1.54) is 5.69 Å². The van der Waals surface area contributed by atoms with E-state index in [9.17, 15) is 10.2 Å². The number of fused-ring (bicyclic) bond motifs is 1. The second-order valence-electron chi connectivity index (χ2n) is 7.98. The van der Waals surface area contributed by atoms with Crippen molar-refractivity contribution in [2.75, 3.05) is 31.1 Å². The van der Waals surface area contributed by atoms with E-state index in [0.717, 1.165) is 54.4 Å². The molecule has 0 unspecified atom stereocenters. The summed E-state index contributed by atoms with van der Waals surface area (Å²) in [5.74, 6) is 1.26. The molecule has 3 N–H and O–H groups in total. The Kier molecular flexibility index (Phi) is 5.66. The predicted octanol–water partition coefficient (Wildman–Crippen LogP) is 4.86. The number of ether oxygens (including phenoxy) is 1. The lowest BCUT2D eigenvalue weighted by Gasteiger charge is -2.34. The fraction of sp³-hybridized carbons (Fsp3) is 0.280. The van der Waals surface area contributed by atoms with E-state index in [4.69, 9.17) is 4.74 Å². The number of rotatable bonds is 3. The van der Waals surface area contributed by atoms with Gasteiger partial charge in [-0.05, 0) is 66.6 Å². The summed E-state index contributed by atoms with van der Waals surface area (Å²) >= 11 is 1.68. The first-order chi connectivity index (χ1) is 15.2. The monoisotopic (exact) mass is 434 g/mol. The van der Waals surface area contributed by atoms with Gasteiger partial charge in [-0.3, -0.25) is 0 Å². The second-order valence-corrected chi connectivity index (χ2v) is 9.17. The molecule has 2 heterocycles. The number of phenols is 2. The van der Waals surface area contributed by atoms with Gasteiger partial charge in [-0.15, -0.1) is 11.8 Å². The lowest BCUT2D eigenvalue weighted by molar-refractivity contribution is 0.190. The molecule has 0 radical (unpaired) electrons. The summed E-state index contributed by atoms with van der Waals surface area (Å²) in [6.45, 7) is 4.17. The van der Waals surface area contributed by atoms with E-state index >= 15 is 0 Å². The molecule has 160 valence electrons. The van der Waals surface area contributed by atoms with Crippen LogP contribution in [0.25, 0.3) is 0 Å². The number of hydrogen-bond donors (Lipinski definition) is 3. The number of nitrogens with one attached hydrogen (secondary N) is 1. The molecular weight excluding hydrogens is 408 g/mol. The van der Waals surface area contributed by atoms with Crippen molar-refractivity contribution < 1.29 is 14.9 Å². The largest absolute Gasteiger partial charge is 0.508 e. The second kappa shape index (κ2) is 8.73. The minimum atomic E-state index is -0.175. The third-order valence-corrected chi connectivity index (χ3v) is 7.20. The molecule has 0 spiro atoms. The molecule has 6 heteroatoms. The number of hydrogen-bond acceptors (Lipinski definition) is 6. The van der Waals surface area contributed by atoms with Crippen molar-refractivity contribution >= 4 is 17.4 Å². The molecule has 3 aromatic rings. The van der Waals surface area contributed by atoms with Gasteiger partial charge >= 0.3 is 0 Å². The van der Waals surface area contributed by atoms with Gasteiger partial charge in [0.1, 0.15) is 23.4 Å². The van der Waals surface area contributed by atoms with Crippen molar-refractivity contribution in [1.82, 2.24) is 5.32 Å². The van der Waals surface area contributed by atoms with Gasteiger partial charge in [-0.2, -0.15) is 0 Å².